The average molecular weight is 480 g/mol. The van der Waals surface area contributed by atoms with Crippen molar-refractivity contribution in [3.63, 3.8) is 0 Å². The molecule has 0 aliphatic carbocycles. The molecule has 1 amide bonds. The highest BCUT2D eigenvalue weighted by molar-refractivity contribution is 7.12. The van der Waals surface area contributed by atoms with Gasteiger partial charge in [-0.2, -0.15) is 0 Å². The highest BCUT2D eigenvalue weighted by Crippen LogP contribution is 2.28. The number of carbonyl (C=O) groups excluding carboxylic acids is 1. The third kappa shape index (κ3) is 6.09. The lowest BCUT2D eigenvalue weighted by Gasteiger charge is -2.22. The Bertz CT molecular complexity index is 1120. The van der Waals surface area contributed by atoms with E-state index in [1.165, 1.54) is 4.88 Å². The Labute approximate surface area is 202 Å². The van der Waals surface area contributed by atoms with Crippen molar-refractivity contribution in [1.82, 2.24) is 16.2 Å². The summed E-state index contributed by atoms with van der Waals surface area (Å²) in [7, 11) is 0. The molecule has 2 aromatic carbocycles. The van der Waals surface area contributed by atoms with Crippen molar-refractivity contribution in [3.05, 3.63) is 82.0 Å². The van der Waals surface area contributed by atoms with E-state index in [1.54, 1.807) is 11.3 Å². The number of aliphatic hydroxyl groups is 1. The summed E-state index contributed by atoms with van der Waals surface area (Å²) >= 11 is 1.69. The van der Waals surface area contributed by atoms with Gasteiger partial charge >= 0.3 is 5.97 Å². The molecular weight excluding hydrogens is 450 g/mol. The number of hydrogen-bond donors (Lipinski definition) is 5. The summed E-state index contributed by atoms with van der Waals surface area (Å²) in [5, 5.41) is 22.1. The lowest BCUT2D eigenvalue weighted by molar-refractivity contribution is -0.147. The van der Waals surface area contributed by atoms with E-state index >= 15 is 0 Å². The van der Waals surface area contributed by atoms with Gasteiger partial charge in [-0.25, -0.2) is 15.6 Å². The Balaban J connectivity index is 1.41. The predicted octanol–water partition coefficient (Wildman–Crippen LogP) is 3.19. The van der Waals surface area contributed by atoms with Gasteiger partial charge in [-0.3, -0.25) is 4.79 Å². The molecule has 178 valence electrons. The molecule has 4 atom stereocenters. The van der Waals surface area contributed by atoms with Crippen molar-refractivity contribution < 1.29 is 19.8 Å². The topological polar surface area (TPSA) is 111 Å². The fraction of sp³-hybridized carbons (Fsp3) is 0.308. The van der Waals surface area contributed by atoms with Gasteiger partial charge in [-0.1, -0.05) is 54.6 Å². The number of aliphatic carboxylic acids is 1. The largest absolute Gasteiger partial charge is 0.479 e. The average Bonchev–Trinajstić information content (AvgIpc) is 3.49. The summed E-state index contributed by atoms with van der Waals surface area (Å²) < 4.78 is 0. The second kappa shape index (κ2) is 10.9. The van der Waals surface area contributed by atoms with Crippen molar-refractivity contribution in [3.8, 4) is 11.1 Å². The number of carbonyl (C=O) groups is 2. The normalized spacial score (nSPS) is 19.5. The third-order valence-electron chi connectivity index (χ3n) is 6.01. The van der Waals surface area contributed by atoms with Gasteiger partial charge in [-0.05, 0) is 48.6 Å². The zero-order valence-electron chi connectivity index (χ0n) is 18.9. The molecule has 7 nitrogen and oxygen atoms in total. The van der Waals surface area contributed by atoms with Gasteiger partial charge in [-0.15, -0.1) is 11.3 Å². The smallest absolute Gasteiger partial charge is 0.332 e. The number of carboxylic acid groups (broad SMARTS) is 1. The summed E-state index contributed by atoms with van der Waals surface area (Å²) in [6, 6.07) is 21.2. The van der Waals surface area contributed by atoms with Crippen LogP contribution in [0.15, 0.2) is 66.7 Å². The molecule has 2 heterocycles. The van der Waals surface area contributed by atoms with Crippen LogP contribution in [0.2, 0.25) is 0 Å². The second-order valence-corrected chi connectivity index (χ2v) is 9.96. The Morgan fingerprint density at radius 2 is 1.74 bits per heavy atom. The molecule has 1 aliphatic heterocycles. The van der Waals surface area contributed by atoms with Gasteiger partial charge in [0.2, 0.25) is 5.91 Å². The number of aliphatic hydroxyl groups excluding tert-OH is 1. The van der Waals surface area contributed by atoms with Crippen molar-refractivity contribution in [2.45, 2.75) is 50.4 Å². The summed E-state index contributed by atoms with van der Waals surface area (Å²) in [5.41, 5.74) is 9.36. The van der Waals surface area contributed by atoms with Gasteiger partial charge in [0.05, 0.1) is 6.04 Å². The Hall–Kier alpha value is -3.04. The molecule has 1 saturated heterocycles. The first-order valence-corrected chi connectivity index (χ1v) is 12.1. The number of aryl methyl sites for hydroxylation is 1. The number of amides is 1. The van der Waals surface area contributed by atoms with Crippen molar-refractivity contribution >= 4 is 23.2 Å². The van der Waals surface area contributed by atoms with Crippen LogP contribution in [0.3, 0.4) is 0 Å². The van der Waals surface area contributed by atoms with E-state index in [-0.39, 0.29) is 18.4 Å². The minimum absolute atomic E-state index is 0.0445. The van der Waals surface area contributed by atoms with Gasteiger partial charge < -0.3 is 15.5 Å². The number of benzene rings is 2. The van der Waals surface area contributed by atoms with E-state index < -0.39 is 24.2 Å². The minimum Gasteiger partial charge on any atom is -0.479 e. The predicted molar refractivity (Wildman–Crippen MR) is 132 cm³/mol. The van der Waals surface area contributed by atoms with Gasteiger partial charge in [0, 0.05) is 22.2 Å². The van der Waals surface area contributed by atoms with E-state index in [1.807, 2.05) is 61.5 Å². The van der Waals surface area contributed by atoms with Crippen LogP contribution in [-0.4, -0.2) is 40.3 Å². The van der Waals surface area contributed by atoms with Crippen LogP contribution in [0.4, 0.5) is 0 Å². The Morgan fingerprint density at radius 3 is 2.38 bits per heavy atom. The third-order valence-corrected chi connectivity index (χ3v) is 7.12. The van der Waals surface area contributed by atoms with Gasteiger partial charge in [0.1, 0.15) is 6.04 Å². The highest BCUT2D eigenvalue weighted by Gasteiger charge is 2.32. The Kier molecular flexibility index (Phi) is 7.74. The van der Waals surface area contributed by atoms with E-state index in [0.29, 0.717) is 12.8 Å². The molecule has 0 bridgehead atoms. The monoisotopic (exact) mass is 479 g/mol. The van der Waals surface area contributed by atoms with Crippen molar-refractivity contribution in [1.29, 1.82) is 0 Å². The lowest BCUT2D eigenvalue weighted by Crippen LogP contribution is -2.48. The maximum atomic E-state index is 13.0. The number of nitrogens with one attached hydrogen (secondary N) is 3. The number of rotatable bonds is 9. The summed E-state index contributed by atoms with van der Waals surface area (Å²) in [6.07, 6.45) is -0.620. The Morgan fingerprint density at radius 1 is 1.03 bits per heavy atom. The number of carboxylic acids is 1. The SMILES string of the molecule is Cc1ccc(C2CC(C(=O)N[C@H](Cc3ccc(-c4ccccc4)cc3)C[C@@H](O)C(=O)O)NN2)s1. The van der Waals surface area contributed by atoms with E-state index in [4.69, 9.17) is 0 Å². The van der Waals surface area contributed by atoms with Crippen LogP contribution < -0.4 is 16.2 Å². The van der Waals surface area contributed by atoms with Crippen LogP contribution in [0.5, 0.6) is 0 Å². The summed E-state index contributed by atoms with van der Waals surface area (Å²) in [4.78, 5) is 26.6. The molecule has 5 N–H and O–H groups in total. The zero-order chi connectivity index (χ0) is 24.1. The molecule has 8 heteroatoms. The van der Waals surface area contributed by atoms with Crippen molar-refractivity contribution in [2.24, 2.45) is 0 Å². The maximum absolute atomic E-state index is 13.0. The van der Waals surface area contributed by atoms with E-state index in [0.717, 1.165) is 21.6 Å². The first-order chi connectivity index (χ1) is 16.4. The fourth-order valence-electron chi connectivity index (χ4n) is 4.17. The number of hydrazine groups is 1. The highest BCUT2D eigenvalue weighted by atomic mass is 32.1. The number of hydrogen-bond acceptors (Lipinski definition) is 6. The zero-order valence-corrected chi connectivity index (χ0v) is 19.7. The van der Waals surface area contributed by atoms with E-state index in [9.17, 15) is 19.8 Å². The molecule has 34 heavy (non-hydrogen) atoms. The lowest BCUT2D eigenvalue weighted by atomic mass is 9.97. The van der Waals surface area contributed by atoms with Crippen LogP contribution >= 0.6 is 11.3 Å². The summed E-state index contributed by atoms with van der Waals surface area (Å²) in [5.74, 6) is -1.51. The van der Waals surface area contributed by atoms with E-state index in [2.05, 4.69) is 28.3 Å². The standard InChI is InChI=1S/C26H29N3O4S/c1-16-7-12-24(34-16)21-15-22(29-28-21)25(31)27-20(14-23(30)26(32)33)13-17-8-10-19(11-9-17)18-5-3-2-4-6-18/h2-12,20-23,28-30H,13-15H2,1H3,(H,27,31)(H,32,33)/t20-,21?,22?,23-/m1/s1. The van der Waals surface area contributed by atoms with Gasteiger partial charge in [0.25, 0.3) is 0 Å². The second-order valence-electron chi connectivity index (χ2n) is 8.64. The molecule has 4 rings (SSSR count). The molecule has 0 spiro atoms. The van der Waals surface area contributed by atoms with Crippen LogP contribution in [0, 0.1) is 6.92 Å². The molecule has 3 aromatic rings. The van der Waals surface area contributed by atoms with Crippen LogP contribution in [0.1, 0.15) is 34.2 Å². The minimum atomic E-state index is -1.55. The molecule has 2 unspecified atom stereocenters. The molecule has 1 fully saturated rings. The summed E-state index contributed by atoms with van der Waals surface area (Å²) in [6.45, 7) is 2.05. The first kappa shape index (κ1) is 24.1. The number of thiophene rings is 1. The molecular formula is C26H29N3O4S. The fourth-order valence-corrected chi connectivity index (χ4v) is 5.11. The van der Waals surface area contributed by atoms with Crippen LogP contribution in [-0.2, 0) is 16.0 Å². The molecule has 1 aliphatic rings. The maximum Gasteiger partial charge on any atom is 0.332 e. The first-order valence-electron chi connectivity index (χ1n) is 11.3. The van der Waals surface area contributed by atoms with Crippen LogP contribution in [0.25, 0.3) is 11.1 Å². The molecule has 0 saturated carbocycles. The quantitative estimate of drug-likeness (QED) is 0.322. The molecule has 0 radical (unpaired) electrons. The van der Waals surface area contributed by atoms with Gasteiger partial charge in [0.15, 0.2) is 6.10 Å². The van der Waals surface area contributed by atoms with Crippen molar-refractivity contribution in [2.75, 3.05) is 0 Å². The molecule has 1 aromatic heterocycles.